The minimum Gasteiger partial charge on any atom is -0.496 e. The zero-order valence-corrected chi connectivity index (χ0v) is 17.0. The van der Waals surface area contributed by atoms with Gasteiger partial charge in [-0.1, -0.05) is 12.1 Å². The highest BCUT2D eigenvalue weighted by Crippen LogP contribution is 2.27. The molecule has 0 spiro atoms. The molecule has 1 heterocycles. The van der Waals surface area contributed by atoms with E-state index in [2.05, 4.69) is 4.74 Å². The molecule has 0 atom stereocenters. The standard InChI is InChI=1S/C23H24FNO5/c1-29-20-8-5-17(21(26)23(28)30-2)14-19(20)22(27)25-11-9-16(10-12-25)13-15-3-6-18(24)7-4-15/h3-8,14,16H,9-13H2,1-2H3. The molecule has 1 fully saturated rings. The molecule has 0 unspecified atom stereocenters. The van der Waals surface area contributed by atoms with E-state index in [1.165, 1.54) is 37.4 Å². The van der Waals surface area contributed by atoms with Gasteiger partial charge < -0.3 is 14.4 Å². The molecule has 7 heteroatoms. The second kappa shape index (κ2) is 9.52. The molecule has 3 rings (SSSR count). The monoisotopic (exact) mass is 413 g/mol. The SMILES string of the molecule is COC(=O)C(=O)c1ccc(OC)c(C(=O)N2CCC(Cc3ccc(F)cc3)CC2)c1. The van der Waals surface area contributed by atoms with E-state index in [1.807, 2.05) is 0 Å². The maximum absolute atomic E-state index is 13.1. The molecule has 1 aliphatic heterocycles. The maximum Gasteiger partial charge on any atom is 0.379 e. The number of esters is 1. The van der Waals surface area contributed by atoms with E-state index in [9.17, 15) is 18.8 Å². The first-order valence-corrected chi connectivity index (χ1v) is 9.77. The summed E-state index contributed by atoms with van der Waals surface area (Å²) in [4.78, 5) is 38.4. The number of carbonyl (C=O) groups excluding carboxylic acids is 3. The van der Waals surface area contributed by atoms with Crippen molar-refractivity contribution in [1.82, 2.24) is 4.90 Å². The van der Waals surface area contributed by atoms with Crippen molar-refractivity contribution in [2.45, 2.75) is 19.3 Å². The lowest BCUT2D eigenvalue weighted by atomic mass is 9.90. The lowest BCUT2D eigenvalue weighted by Gasteiger charge is -2.32. The Hall–Kier alpha value is -3.22. The zero-order chi connectivity index (χ0) is 21.7. The van der Waals surface area contributed by atoms with Gasteiger partial charge in [0.25, 0.3) is 11.7 Å². The van der Waals surface area contributed by atoms with Crippen molar-refractivity contribution >= 4 is 17.7 Å². The van der Waals surface area contributed by atoms with E-state index in [1.54, 1.807) is 17.0 Å². The molecule has 0 saturated carbocycles. The number of amides is 1. The molecular formula is C23H24FNO5. The maximum atomic E-state index is 13.1. The number of hydrogen-bond donors (Lipinski definition) is 0. The molecule has 0 bridgehead atoms. The number of methoxy groups -OCH3 is 2. The molecule has 1 saturated heterocycles. The number of carbonyl (C=O) groups is 3. The molecule has 0 radical (unpaired) electrons. The normalized spacial score (nSPS) is 14.3. The van der Waals surface area contributed by atoms with Gasteiger partial charge in [0.2, 0.25) is 0 Å². The molecule has 1 aliphatic rings. The molecule has 158 valence electrons. The van der Waals surface area contributed by atoms with Crippen molar-refractivity contribution in [3.05, 3.63) is 65.0 Å². The smallest absolute Gasteiger partial charge is 0.379 e. The highest BCUT2D eigenvalue weighted by atomic mass is 19.1. The van der Waals surface area contributed by atoms with Crippen LogP contribution in [0.25, 0.3) is 0 Å². The number of hydrogen-bond acceptors (Lipinski definition) is 5. The second-order valence-electron chi connectivity index (χ2n) is 7.30. The van der Waals surface area contributed by atoms with Gasteiger partial charge in [-0.25, -0.2) is 9.18 Å². The first-order chi connectivity index (χ1) is 14.4. The van der Waals surface area contributed by atoms with Crippen molar-refractivity contribution in [1.29, 1.82) is 0 Å². The van der Waals surface area contributed by atoms with Crippen LogP contribution < -0.4 is 4.74 Å². The summed E-state index contributed by atoms with van der Waals surface area (Å²) < 4.78 is 22.8. The summed E-state index contributed by atoms with van der Waals surface area (Å²) >= 11 is 0. The molecule has 0 N–H and O–H groups in total. The van der Waals surface area contributed by atoms with E-state index < -0.39 is 11.8 Å². The molecule has 6 nitrogen and oxygen atoms in total. The summed E-state index contributed by atoms with van der Waals surface area (Å²) in [5, 5.41) is 0. The molecular weight excluding hydrogens is 389 g/mol. The van der Waals surface area contributed by atoms with Crippen LogP contribution in [0.4, 0.5) is 4.39 Å². The number of rotatable bonds is 6. The van der Waals surface area contributed by atoms with Crippen LogP contribution in [0.2, 0.25) is 0 Å². The fourth-order valence-electron chi connectivity index (χ4n) is 3.69. The highest BCUT2D eigenvalue weighted by Gasteiger charge is 2.27. The van der Waals surface area contributed by atoms with Crippen molar-refractivity contribution in [2.75, 3.05) is 27.3 Å². The highest BCUT2D eigenvalue weighted by molar-refractivity contribution is 6.40. The predicted molar refractivity (Wildman–Crippen MR) is 108 cm³/mol. The minimum atomic E-state index is -0.986. The molecule has 30 heavy (non-hydrogen) atoms. The quantitative estimate of drug-likeness (QED) is 0.413. The number of Topliss-reactive ketones (excluding diaryl/α,β-unsaturated/α-hetero) is 1. The van der Waals surface area contributed by atoms with E-state index in [-0.39, 0.29) is 22.9 Å². The van der Waals surface area contributed by atoms with Gasteiger partial charge in [0, 0.05) is 18.7 Å². The van der Waals surface area contributed by atoms with Gasteiger partial charge in [-0.15, -0.1) is 0 Å². The number of likely N-dealkylation sites (tertiary alicyclic amines) is 1. The van der Waals surface area contributed by atoms with Crippen LogP contribution in [0, 0.1) is 11.7 Å². The molecule has 1 amide bonds. The first-order valence-electron chi connectivity index (χ1n) is 9.77. The molecule has 0 aliphatic carbocycles. The van der Waals surface area contributed by atoms with Gasteiger partial charge in [0.15, 0.2) is 0 Å². The summed E-state index contributed by atoms with van der Waals surface area (Å²) in [6.45, 7) is 1.14. The number of benzene rings is 2. The van der Waals surface area contributed by atoms with Crippen LogP contribution in [0.5, 0.6) is 5.75 Å². The Balaban J connectivity index is 1.68. The Bertz CT molecular complexity index is 933. The summed E-state index contributed by atoms with van der Waals surface area (Å²) in [6.07, 6.45) is 2.49. The van der Waals surface area contributed by atoms with Gasteiger partial charge in [0.05, 0.1) is 19.8 Å². The third-order valence-electron chi connectivity index (χ3n) is 5.40. The van der Waals surface area contributed by atoms with E-state index in [0.29, 0.717) is 24.8 Å². The molecule has 0 aromatic heterocycles. The Labute approximate surface area is 174 Å². The molecule has 2 aromatic carbocycles. The van der Waals surface area contributed by atoms with Crippen molar-refractivity contribution in [2.24, 2.45) is 5.92 Å². The van der Waals surface area contributed by atoms with E-state index >= 15 is 0 Å². The number of nitrogens with zero attached hydrogens (tertiary/aromatic N) is 1. The third-order valence-corrected chi connectivity index (χ3v) is 5.40. The van der Waals surface area contributed by atoms with Crippen LogP contribution >= 0.6 is 0 Å². The predicted octanol–water partition coefficient (Wildman–Crippen LogP) is 3.28. The minimum absolute atomic E-state index is 0.0807. The molecule has 2 aromatic rings. The average Bonchev–Trinajstić information content (AvgIpc) is 2.79. The van der Waals surface area contributed by atoms with Crippen LogP contribution in [0.1, 0.15) is 39.1 Å². The zero-order valence-electron chi connectivity index (χ0n) is 17.0. The van der Waals surface area contributed by atoms with Gasteiger partial charge in [-0.05, 0) is 61.1 Å². The Morgan fingerprint density at radius 1 is 1.03 bits per heavy atom. The van der Waals surface area contributed by atoms with E-state index in [0.717, 1.165) is 31.9 Å². The van der Waals surface area contributed by atoms with Crippen LogP contribution in [0.15, 0.2) is 42.5 Å². The summed E-state index contributed by atoms with van der Waals surface area (Å²) in [7, 11) is 2.58. The van der Waals surface area contributed by atoms with Crippen molar-refractivity contribution in [3.63, 3.8) is 0 Å². The first kappa shape index (κ1) is 21.5. The van der Waals surface area contributed by atoms with E-state index in [4.69, 9.17) is 4.74 Å². The topological polar surface area (TPSA) is 72.9 Å². The Kier molecular flexibility index (Phi) is 6.82. The lowest BCUT2D eigenvalue weighted by molar-refractivity contribution is -0.135. The van der Waals surface area contributed by atoms with Crippen LogP contribution in [-0.2, 0) is 16.0 Å². The summed E-state index contributed by atoms with van der Waals surface area (Å²) in [6, 6.07) is 10.8. The Morgan fingerprint density at radius 2 is 1.70 bits per heavy atom. The number of halogens is 1. The van der Waals surface area contributed by atoms with Crippen LogP contribution in [0.3, 0.4) is 0 Å². The van der Waals surface area contributed by atoms with Crippen molar-refractivity contribution in [3.8, 4) is 5.75 Å². The van der Waals surface area contributed by atoms with Gasteiger partial charge in [-0.3, -0.25) is 9.59 Å². The number of ether oxygens (including phenoxy) is 2. The fourth-order valence-corrected chi connectivity index (χ4v) is 3.69. The number of piperidine rings is 1. The number of ketones is 1. The fraction of sp³-hybridized carbons (Fsp3) is 0.348. The largest absolute Gasteiger partial charge is 0.496 e. The summed E-state index contributed by atoms with van der Waals surface area (Å²) in [5.74, 6) is -1.54. The lowest BCUT2D eigenvalue weighted by Crippen LogP contribution is -2.39. The average molecular weight is 413 g/mol. The van der Waals surface area contributed by atoms with Gasteiger partial charge in [0.1, 0.15) is 11.6 Å². The van der Waals surface area contributed by atoms with Gasteiger partial charge in [-0.2, -0.15) is 0 Å². The van der Waals surface area contributed by atoms with Gasteiger partial charge >= 0.3 is 5.97 Å². The van der Waals surface area contributed by atoms with Crippen LogP contribution in [-0.4, -0.2) is 49.9 Å². The second-order valence-corrected chi connectivity index (χ2v) is 7.30. The van der Waals surface area contributed by atoms with Crippen molar-refractivity contribution < 1.29 is 28.2 Å². The summed E-state index contributed by atoms with van der Waals surface area (Å²) in [5.41, 5.74) is 1.40. The third kappa shape index (κ3) is 4.84. The Morgan fingerprint density at radius 3 is 2.30 bits per heavy atom.